The first-order chi connectivity index (χ1) is 7.98. The third-order valence-electron chi connectivity index (χ3n) is 2.19. The van der Waals surface area contributed by atoms with Crippen molar-refractivity contribution in [2.45, 2.75) is 6.18 Å². The summed E-state index contributed by atoms with van der Waals surface area (Å²) in [6.07, 6.45) is -0.880. The van der Waals surface area contributed by atoms with Crippen LogP contribution in [0.2, 0.25) is 0 Å². The normalized spacial score (nSPS) is 11.5. The number of pyridine rings is 2. The average molecular weight is 239 g/mol. The quantitative estimate of drug-likeness (QED) is 0.832. The van der Waals surface area contributed by atoms with Gasteiger partial charge in [-0.15, -0.1) is 0 Å². The predicted molar refractivity (Wildman–Crippen MR) is 56.9 cm³/mol. The average Bonchev–Trinajstić information content (AvgIpc) is 2.29. The highest BCUT2D eigenvalue weighted by atomic mass is 19.4. The molecule has 2 aromatic rings. The smallest absolute Gasteiger partial charge is 0.397 e. The molecule has 0 radical (unpaired) electrons. The summed E-state index contributed by atoms with van der Waals surface area (Å²) in [4.78, 5) is 7.54. The van der Waals surface area contributed by atoms with Gasteiger partial charge in [0.2, 0.25) is 0 Å². The molecule has 0 bridgehead atoms. The van der Waals surface area contributed by atoms with Crippen molar-refractivity contribution in [3.63, 3.8) is 0 Å². The van der Waals surface area contributed by atoms with Gasteiger partial charge >= 0.3 is 6.18 Å². The number of aromatic nitrogens is 2. The second-order valence-electron chi connectivity index (χ2n) is 3.40. The van der Waals surface area contributed by atoms with Crippen LogP contribution in [0, 0.1) is 0 Å². The zero-order chi connectivity index (χ0) is 12.5. The minimum atomic E-state index is -4.43. The molecular weight excluding hydrogens is 231 g/mol. The van der Waals surface area contributed by atoms with Gasteiger partial charge in [-0.25, -0.2) is 0 Å². The molecule has 0 aliphatic rings. The zero-order valence-electron chi connectivity index (χ0n) is 8.57. The van der Waals surface area contributed by atoms with Crippen LogP contribution in [-0.4, -0.2) is 9.97 Å². The lowest BCUT2D eigenvalue weighted by molar-refractivity contribution is -0.137. The summed E-state index contributed by atoms with van der Waals surface area (Å²) < 4.78 is 38.2. The van der Waals surface area contributed by atoms with Gasteiger partial charge in [0.1, 0.15) is 0 Å². The fraction of sp³-hybridized carbons (Fsp3) is 0.0909. The molecule has 2 aromatic heterocycles. The lowest BCUT2D eigenvalue weighted by Crippen LogP contribution is -2.07. The lowest BCUT2D eigenvalue weighted by Gasteiger charge is -2.11. The molecule has 17 heavy (non-hydrogen) atoms. The van der Waals surface area contributed by atoms with E-state index < -0.39 is 11.7 Å². The number of anilines is 1. The summed E-state index contributed by atoms with van der Waals surface area (Å²) in [5.41, 5.74) is 5.20. The molecule has 0 amide bonds. The van der Waals surface area contributed by atoms with E-state index >= 15 is 0 Å². The Hall–Kier alpha value is -2.11. The maximum atomic E-state index is 12.7. The van der Waals surface area contributed by atoms with Crippen LogP contribution in [-0.2, 0) is 6.18 Å². The molecule has 0 aliphatic heterocycles. The summed E-state index contributed by atoms with van der Waals surface area (Å²) in [5, 5.41) is 0. The van der Waals surface area contributed by atoms with E-state index in [1.165, 1.54) is 18.3 Å². The number of hydrogen-bond donors (Lipinski definition) is 1. The molecule has 0 unspecified atom stereocenters. The van der Waals surface area contributed by atoms with E-state index in [0.29, 0.717) is 5.69 Å². The van der Waals surface area contributed by atoms with E-state index in [0.717, 1.165) is 18.5 Å². The van der Waals surface area contributed by atoms with Gasteiger partial charge in [-0.1, -0.05) is 0 Å². The summed E-state index contributed by atoms with van der Waals surface area (Å²) in [6, 6.07) is 3.85. The summed E-state index contributed by atoms with van der Waals surface area (Å²) >= 11 is 0. The van der Waals surface area contributed by atoms with Crippen molar-refractivity contribution >= 4 is 5.69 Å². The fourth-order valence-electron chi connectivity index (χ4n) is 1.41. The third kappa shape index (κ3) is 2.35. The van der Waals surface area contributed by atoms with Crippen LogP contribution in [0.5, 0.6) is 0 Å². The van der Waals surface area contributed by atoms with E-state index in [1.807, 2.05) is 0 Å². The van der Waals surface area contributed by atoms with E-state index in [-0.39, 0.29) is 11.3 Å². The van der Waals surface area contributed by atoms with E-state index in [1.54, 1.807) is 0 Å². The summed E-state index contributed by atoms with van der Waals surface area (Å²) in [7, 11) is 0. The largest absolute Gasteiger partial charge is 0.417 e. The summed E-state index contributed by atoms with van der Waals surface area (Å²) in [5.74, 6) is 0. The van der Waals surface area contributed by atoms with Crippen molar-refractivity contribution in [3.8, 4) is 11.3 Å². The van der Waals surface area contributed by atoms with Crippen LogP contribution in [0.3, 0.4) is 0 Å². The van der Waals surface area contributed by atoms with Crippen molar-refractivity contribution in [2.75, 3.05) is 5.73 Å². The van der Waals surface area contributed by atoms with Gasteiger partial charge in [-0.3, -0.25) is 9.97 Å². The van der Waals surface area contributed by atoms with Crippen molar-refractivity contribution in [3.05, 3.63) is 42.4 Å². The molecule has 0 atom stereocenters. The Labute approximate surface area is 95.1 Å². The number of hydrogen-bond acceptors (Lipinski definition) is 3. The van der Waals surface area contributed by atoms with Gasteiger partial charge < -0.3 is 5.73 Å². The molecule has 0 aliphatic carbocycles. The fourth-order valence-corrected chi connectivity index (χ4v) is 1.41. The molecule has 88 valence electrons. The predicted octanol–water partition coefficient (Wildman–Crippen LogP) is 2.74. The van der Waals surface area contributed by atoms with Crippen LogP contribution in [0.4, 0.5) is 18.9 Å². The maximum Gasteiger partial charge on any atom is 0.417 e. The zero-order valence-corrected chi connectivity index (χ0v) is 8.57. The van der Waals surface area contributed by atoms with Gasteiger partial charge in [0, 0.05) is 18.0 Å². The first-order valence-electron chi connectivity index (χ1n) is 4.71. The molecule has 0 aromatic carbocycles. The standard InChI is InChI=1S/C11H8F3N3/c12-11(13,14)9-3-4-16-6-8(9)10-2-1-7(15)5-17-10/h1-6H,15H2. The highest BCUT2D eigenvalue weighted by molar-refractivity contribution is 5.64. The van der Waals surface area contributed by atoms with Crippen LogP contribution >= 0.6 is 0 Å². The third-order valence-corrected chi connectivity index (χ3v) is 2.19. The van der Waals surface area contributed by atoms with E-state index in [2.05, 4.69) is 9.97 Å². The first kappa shape index (κ1) is 11.4. The Morgan fingerprint density at radius 3 is 2.41 bits per heavy atom. The van der Waals surface area contributed by atoms with Gasteiger partial charge in [-0.05, 0) is 18.2 Å². The molecule has 6 heteroatoms. The second kappa shape index (κ2) is 4.04. The number of nitrogen functional groups attached to an aromatic ring is 1. The first-order valence-corrected chi connectivity index (χ1v) is 4.71. The maximum absolute atomic E-state index is 12.7. The highest BCUT2D eigenvalue weighted by Gasteiger charge is 2.33. The Morgan fingerprint density at radius 1 is 1.06 bits per heavy atom. The van der Waals surface area contributed by atoms with Gasteiger partial charge in [0.25, 0.3) is 0 Å². The van der Waals surface area contributed by atoms with Crippen LogP contribution in [0.15, 0.2) is 36.8 Å². The Morgan fingerprint density at radius 2 is 1.82 bits per heavy atom. The Kier molecular flexibility index (Phi) is 2.71. The molecule has 2 heterocycles. The Bertz CT molecular complexity index is 520. The second-order valence-corrected chi connectivity index (χ2v) is 3.40. The molecule has 3 nitrogen and oxygen atoms in total. The monoisotopic (exact) mass is 239 g/mol. The van der Waals surface area contributed by atoms with Crippen LogP contribution in [0.25, 0.3) is 11.3 Å². The van der Waals surface area contributed by atoms with Crippen LogP contribution in [0.1, 0.15) is 5.56 Å². The van der Waals surface area contributed by atoms with Crippen LogP contribution < -0.4 is 5.73 Å². The number of halogens is 3. The Balaban J connectivity index is 2.56. The lowest BCUT2D eigenvalue weighted by atomic mass is 10.1. The molecule has 0 saturated heterocycles. The van der Waals surface area contributed by atoms with E-state index in [4.69, 9.17) is 5.73 Å². The topological polar surface area (TPSA) is 51.8 Å². The number of nitrogens with two attached hydrogens (primary N) is 1. The minimum Gasteiger partial charge on any atom is -0.397 e. The molecular formula is C11H8F3N3. The van der Waals surface area contributed by atoms with E-state index in [9.17, 15) is 13.2 Å². The number of alkyl halides is 3. The van der Waals surface area contributed by atoms with Crippen molar-refractivity contribution in [2.24, 2.45) is 0 Å². The minimum absolute atomic E-state index is 0.0556. The number of rotatable bonds is 1. The molecule has 0 spiro atoms. The molecule has 0 saturated carbocycles. The van der Waals surface area contributed by atoms with Gasteiger partial charge in [0.15, 0.2) is 0 Å². The SMILES string of the molecule is Nc1ccc(-c2cnccc2C(F)(F)F)nc1. The summed E-state index contributed by atoms with van der Waals surface area (Å²) in [6.45, 7) is 0. The molecule has 0 fully saturated rings. The van der Waals surface area contributed by atoms with Crippen molar-refractivity contribution < 1.29 is 13.2 Å². The van der Waals surface area contributed by atoms with Gasteiger partial charge in [-0.2, -0.15) is 13.2 Å². The molecule has 2 N–H and O–H groups in total. The van der Waals surface area contributed by atoms with Gasteiger partial charge in [0.05, 0.1) is 23.1 Å². The van der Waals surface area contributed by atoms with Crippen molar-refractivity contribution in [1.29, 1.82) is 0 Å². The number of nitrogens with zero attached hydrogens (tertiary/aromatic N) is 2. The molecule has 2 rings (SSSR count). The highest BCUT2D eigenvalue weighted by Crippen LogP contribution is 2.35. The van der Waals surface area contributed by atoms with Crippen molar-refractivity contribution in [1.82, 2.24) is 9.97 Å².